The van der Waals surface area contributed by atoms with Crippen LogP contribution in [0.15, 0.2) is 388 Å². The van der Waals surface area contributed by atoms with Crippen LogP contribution < -0.4 is 0 Å². The number of hydrogen-bond donors (Lipinski definition) is 0. The van der Waals surface area contributed by atoms with Crippen LogP contribution in [-0.2, 0) is 34.1 Å². The second-order valence-corrected chi connectivity index (χ2v) is 37.9. The van der Waals surface area contributed by atoms with Crippen molar-refractivity contribution in [2.75, 3.05) is 0 Å². The van der Waals surface area contributed by atoms with Crippen LogP contribution >= 0.6 is 0 Å². The number of hydrogen-bond acceptors (Lipinski definition) is 0. The fourth-order valence-electron chi connectivity index (χ4n) is 13.0. The molecule has 0 saturated carbocycles. The topological polar surface area (TPSA) is 28.2 Å². The predicted octanol–water partition coefficient (Wildman–Crippen LogP) is 28.4. The van der Waals surface area contributed by atoms with Crippen LogP contribution in [0.4, 0.5) is 11.4 Å². The van der Waals surface area contributed by atoms with Gasteiger partial charge in [0.2, 0.25) is 0 Å². The summed E-state index contributed by atoms with van der Waals surface area (Å²) in [6.07, 6.45) is 0. The molecule has 0 aliphatic heterocycles. The molecule has 14 aromatic rings. The SMILES string of the molecule is Cc1cc(C(c2ccccc2)c2ccccc2)c([N-][Si](C)(C)C)c(C(c2ccccc2)c2ccccc2)c1.Cc1cc(C(c2ccccc2)c2ccccc2)c([N-][Si](C)(C)C)c(C(c2ccccc2)c2ccccc2)c1.Cc1ccccc1.Cc1ccccc1.Cc1ccccc1.Cc1ccccc1.[Mn].[Mn]. The number of nitrogens with zero attached hydrogens (tertiary/aromatic N) is 2. The molecule has 0 saturated heterocycles. The first kappa shape index (κ1) is 83.4. The van der Waals surface area contributed by atoms with E-state index in [1.54, 1.807) is 0 Å². The Kier molecular flexibility index (Phi) is 33.8. The number of aryl methyl sites for hydroxylation is 6. The summed E-state index contributed by atoms with van der Waals surface area (Å²) >= 11 is 0. The summed E-state index contributed by atoms with van der Waals surface area (Å²) in [4.78, 5) is 11.2. The zero-order valence-corrected chi connectivity index (χ0v) is 68.3. The van der Waals surface area contributed by atoms with Gasteiger partial charge in [0.05, 0.1) is 0 Å². The molecule has 538 valence electrons. The summed E-state index contributed by atoms with van der Waals surface area (Å²) in [6, 6.07) is 138. The molecule has 2 nitrogen and oxygen atoms in total. The molecule has 0 heterocycles. The zero-order valence-electron chi connectivity index (χ0n) is 63.9. The van der Waals surface area contributed by atoms with Gasteiger partial charge in [0.1, 0.15) is 0 Å². The van der Waals surface area contributed by atoms with Gasteiger partial charge in [0.15, 0.2) is 0 Å². The van der Waals surface area contributed by atoms with E-state index >= 15 is 0 Å². The third kappa shape index (κ3) is 26.3. The maximum Gasteiger partial charge on any atom is 0.0328 e. The van der Waals surface area contributed by atoms with Crippen LogP contribution in [0.1, 0.15) is 124 Å². The van der Waals surface area contributed by atoms with Crippen LogP contribution in [0.3, 0.4) is 0 Å². The summed E-state index contributed by atoms with van der Waals surface area (Å²) in [7, 11) is -3.70. The summed E-state index contributed by atoms with van der Waals surface area (Å²) in [5, 5.41) is 0. The molecule has 2 radical (unpaired) electrons. The van der Waals surface area contributed by atoms with Crippen molar-refractivity contribution < 1.29 is 34.1 Å². The first-order valence-electron chi connectivity index (χ1n) is 36.6. The van der Waals surface area contributed by atoms with Crippen molar-refractivity contribution in [3.63, 3.8) is 0 Å². The summed E-state index contributed by atoms with van der Waals surface area (Å²) in [5.74, 6) is 0.383. The normalized spacial score (nSPS) is 10.6. The van der Waals surface area contributed by atoms with Gasteiger partial charge < -0.3 is 9.96 Å². The molecule has 14 rings (SSSR count). The number of benzene rings is 14. The van der Waals surface area contributed by atoms with Crippen molar-refractivity contribution in [1.29, 1.82) is 0 Å². The molecule has 0 aromatic heterocycles. The van der Waals surface area contributed by atoms with Crippen LogP contribution in [0.2, 0.25) is 39.3 Å². The molecule has 0 atom stereocenters. The largest absolute Gasteiger partial charge is 0.687 e. The van der Waals surface area contributed by atoms with E-state index in [0.29, 0.717) is 0 Å². The fourth-order valence-corrected chi connectivity index (χ4v) is 14.8. The van der Waals surface area contributed by atoms with Gasteiger partial charge in [-0.15, -0.1) is 11.4 Å². The average Bonchev–Trinajstić information content (AvgIpc) is 0.765. The minimum Gasteiger partial charge on any atom is -0.687 e. The van der Waals surface area contributed by atoms with Crippen LogP contribution in [0.25, 0.3) is 9.96 Å². The summed E-state index contributed by atoms with van der Waals surface area (Å²) < 4.78 is 0. The van der Waals surface area contributed by atoms with Gasteiger partial charge in [0, 0.05) is 57.8 Å². The quantitative estimate of drug-likeness (QED) is 0.0681. The van der Waals surface area contributed by atoms with E-state index in [2.05, 4.69) is 396 Å². The molecule has 0 amide bonds. The second kappa shape index (κ2) is 42.9. The van der Waals surface area contributed by atoms with E-state index < -0.39 is 16.5 Å². The van der Waals surface area contributed by atoms with Gasteiger partial charge >= 0.3 is 0 Å². The van der Waals surface area contributed by atoms with Crippen molar-refractivity contribution in [3.8, 4) is 0 Å². The molecule has 0 aliphatic rings. The second-order valence-electron chi connectivity index (χ2n) is 28.8. The van der Waals surface area contributed by atoms with Gasteiger partial charge in [-0.2, -0.15) is 0 Å². The van der Waals surface area contributed by atoms with Gasteiger partial charge in [-0.1, -0.05) is 483 Å². The molecule has 0 fully saturated rings. The Balaban J connectivity index is 0.000000213. The Labute approximate surface area is 659 Å². The van der Waals surface area contributed by atoms with Gasteiger partial charge in [0.25, 0.3) is 0 Å². The third-order valence-corrected chi connectivity index (χ3v) is 19.4. The Morgan fingerprint density at radius 1 is 0.179 bits per heavy atom. The Morgan fingerprint density at radius 2 is 0.302 bits per heavy atom. The van der Waals surface area contributed by atoms with E-state index in [4.69, 9.17) is 9.96 Å². The van der Waals surface area contributed by atoms with E-state index in [0.717, 1.165) is 11.4 Å². The first-order valence-corrected chi connectivity index (χ1v) is 43.5. The molecule has 14 aromatic carbocycles. The minimum atomic E-state index is -1.85. The third-order valence-electron chi connectivity index (χ3n) is 17.6. The maximum atomic E-state index is 5.62. The standard InChI is InChI=1S/2C36H36NSi.4C7H8.2Mn/c2*1-27-25-32(34(28-17-9-5-10-18-28)29-19-11-6-12-20-29)36(37-38(2,3)4)33(26-27)35(30-21-13-7-14-22-30)31-23-15-8-16-24-31;4*1-7-5-3-2-4-6-7;;/h2*5-26,34-35H,1-4H3;4*2-6H,1H3;;/q2*-1;;;;;;. The molecule has 0 unspecified atom stereocenters. The van der Waals surface area contributed by atoms with E-state index in [1.165, 1.54) is 100 Å². The van der Waals surface area contributed by atoms with Crippen molar-refractivity contribution in [2.24, 2.45) is 0 Å². The molecule has 0 N–H and O–H groups in total. The van der Waals surface area contributed by atoms with Crippen LogP contribution in [0.5, 0.6) is 0 Å². The van der Waals surface area contributed by atoms with Gasteiger partial charge in [-0.25, -0.2) is 0 Å². The maximum absolute atomic E-state index is 5.62. The van der Waals surface area contributed by atoms with E-state index in [-0.39, 0.29) is 57.8 Å². The molecule has 0 aliphatic carbocycles. The molecule has 6 heteroatoms. The van der Waals surface area contributed by atoms with Crippen LogP contribution in [-0.4, -0.2) is 16.5 Å². The summed E-state index contributed by atoms with van der Waals surface area (Å²) in [5.41, 5.74) is 25.6. The van der Waals surface area contributed by atoms with Crippen molar-refractivity contribution in [2.45, 2.75) is 104 Å². The monoisotopic (exact) mass is 1500 g/mol. The Bertz CT molecular complexity index is 3960. The molecule has 0 bridgehead atoms. The summed E-state index contributed by atoms with van der Waals surface area (Å²) in [6.45, 7) is 26.8. The van der Waals surface area contributed by atoms with E-state index in [9.17, 15) is 0 Å². The van der Waals surface area contributed by atoms with Crippen molar-refractivity contribution in [1.82, 2.24) is 0 Å². The predicted molar refractivity (Wildman–Crippen MR) is 455 cm³/mol. The zero-order chi connectivity index (χ0) is 73.5. The molecule has 106 heavy (non-hydrogen) atoms. The molecular weight excluding hydrogens is 1400 g/mol. The first-order chi connectivity index (χ1) is 50.4. The van der Waals surface area contributed by atoms with E-state index in [1.807, 2.05) is 72.8 Å². The fraction of sp³-hybridized carbons (Fsp3) is 0.160. The average molecular weight is 1500 g/mol. The molecule has 0 spiro atoms. The Morgan fingerprint density at radius 3 is 0.406 bits per heavy atom. The van der Waals surface area contributed by atoms with Crippen molar-refractivity contribution >= 4 is 27.8 Å². The Hall–Kier alpha value is -9.85. The van der Waals surface area contributed by atoms with Gasteiger partial charge in [-0.05, 0) is 103 Å². The van der Waals surface area contributed by atoms with Crippen molar-refractivity contribution in [3.05, 3.63) is 498 Å². The molecular formula is C100H104Mn2N2Si2-2. The van der Waals surface area contributed by atoms with Crippen LogP contribution in [0, 0.1) is 41.5 Å². The van der Waals surface area contributed by atoms with Gasteiger partial charge in [-0.3, -0.25) is 0 Å². The minimum absolute atomic E-state index is 0. The number of rotatable bonds is 16. The smallest absolute Gasteiger partial charge is 0.0328 e.